The Kier molecular flexibility index (Phi) is 7.92. The molecule has 33 heavy (non-hydrogen) atoms. The van der Waals surface area contributed by atoms with Crippen molar-refractivity contribution in [3.05, 3.63) is 59.7 Å². The van der Waals surface area contributed by atoms with Gasteiger partial charge in [-0.05, 0) is 60.6 Å². The summed E-state index contributed by atoms with van der Waals surface area (Å²) in [5.41, 5.74) is 2.09. The molecule has 0 bridgehead atoms. The van der Waals surface area contributed by atoms with Gasteiger partial charge in [-0.3, -0.25) is 9.59 Å². The number of benzene rings is 2. The number of piperidine rings is 1. The van der Waals surface area contributed by atoms with Gasteiger partial charge in [0, 0.05) is 31.4 Å². The van der Waals surface area contributed by atoms with E-state index in [1.165, 1.54) is 33.5 Å². The molecule has 2 aromatic carbocycles. The number of carbonyl (C=O) groups excluding carboxylic acids is 2. The van der Waals surface area contributed by atoms with E-state index in [1.807, 2.05) is 31.2 Å². The molecule has 0 saturated carbocycles. The number of nitrogens with one attached hydrogen (secondary N) is 1. The summed E-state index contributed by atoms with van der Waals surface area (Å²) in [6, 6.07) is 13.5. The molecule has 1 aliphatic rings. The molecule has 1 N–H and O–H groups in total. The van der Waals surface area contributed by atoms with Gasteiger partial charge in [0.2, 0.25) is 15.9 Å². The summed E-state index contributed by atoms with van der Waals surface area (Å²) in [5.74, 6) is -0.0145. The van der Waals surface area contributed by atoms with Crippen LogP contribution in [-0.4, -0.2) is 56.1 Å². The third-order valence-corrected chi connectivity index (χ3v) is 7.82. The van der Waals surface area contributed by atoms with E-state index in [0.717, 1.165) is 24.1 Å². The summed E-state index contributed by atoms with van der Waals surface area (Å²) in [6.45, 7) is 7.04. The van der Waals surface area contributed by atoms with Crippen molar-refractivity contribution < 1.29 is 18.0 Å². The van der Waals surface area contributed by atoms with Crippen molar-refractivity contribution in [1.29, 1.82) is 0 Å². The van der Waals surface area contributed by atoms with Crippen LogP contribution < -0.4 is 5.32 Å². The Bertz CT molecular complexity index is 1090. The van der Waals surface area contributed by atoms with E-state index in [0.29, 0.717) is 30.5 Å². The molecule has 0 aliphatic carbocycles. The fraction of sp³-hybridized carbons (Fsp3) is 0.440. The number of hydrogen-bond acceptors (Lipinski definition) is 4. The van der Waals surface area contributed by atoms with Crippen LogP contribution in [0.25, 0.3) is 0 Å². The van der Waals surface area contributed by atoms with Gasteiger partial charge in [0.05, 0.1) is 11.4 Å². The molecule has 178 valence electrons. The van der Waals surface area contributed by atoms with Crippen molar-refractivity contribution >= 4 is 27.5 Å². The normalized spacial score (nSPS) is 19.2. The molecule has 1 fully saturated rings. The molecule has 2 atom stereocenters. The van der Waals surface area contributed by atoms with Gasteiger partial charge >= 0.3 is 0 Å². The van der Waals surface area contributed by atoms with Crippen molar-refractivity contribution in [2.75, 3.05) is 32.0 Å². The van der Waals surface area contributed by atoms with Crippen LogP contribution in [0.15, 0.2) is 53.4 Å². The number of aryl methyl sites for hydroxylation is 1. The Morgan fingerprint density at radius 2 is 1.64 bits per heavy atom. The molecule has 1 saturated heterocycles. The summed E-state index contributed by atoms with van der Waals surface area (Å²) in [6.07, 6.45) is 1.80. The lowest BCUT2D eigenvalue weighted by molar-refractivity contribution is -0.116. The van der Waals surface area contributed by atoms with Crippen molar-refractivity contribution in [3.8, 4) is 0 Å². The average molecular weight is 472 g/mol. The molecular formula is C25H33N3O4S. The average Bonchev–Trinajstić information content (AvgIpc) is 2.78. The van der Waals surface area contributed by atoms with E-state index in [2.05, 4.69) is 19.2 Å². The van der Waals surface area contributed by atoms with Crippen LogP contribution in [0.1, 0.15) is 43.1 Å². The summed E-state index contributed by atoms with van der Waals surface area (Å²) in [5, 5.41) is 2.85. The Labute approximate surface area is 196 Å². The highest BCUT2D eigenvalue weighted by molar-refractivity contribution is 7.89. The first kappa shape index (κ1) is 24.9. The van der Waals surface area contributed by atoms with Crippen molar-refractivity contribution in [2.24, 2.45) is 11.8 Å². The lowest BCUT2D eigenvalue weighted by Crippen LogP contribution is -2.42. The molecular weight excluding hydrogens is 438 g/mol. The fourth-order valence-electron chi connectivity index (χ4n) is 4.37. The lowest BCUT2D eigenvalue weighted by Gasteiger charge is -2.34. The maximum Gasteiger partial charge on any atom is 0.254 e. The Morgan fingerprint density at radius 3 is 2.24 bits per heavy atom. The molecule has 1 heterocycles. The van der Waals surface area contributed by atoms with E-state index in [-0.39, 0.29) is 23.3 Å². The molecule has 2 amide bonds. The van der Waals surface area contributed by atoms with E-state index >= 15 is 0 Å². The number of amides is 2. The smallest absolute Gasteiger partial charge is 0.254 e. The van der Waals surface area contributed by atoms with Crippen LogP contribution in [0, 0.1) is 11.8 Å². The van der Waals surface area contributed by atoms with Crippen LogP contribution in [0.2, 0.25) is 0 Å². The predicted octanol–water partition coefficient (Wildman–Crippen LogP) is 3.63. The zero-order valence-electron chi connectivity index (χ0n) is 19.7. The fourth-order valence-corrected chi connectivity index (χ4v) is 6.05. The number of likely N-dealkylation sites (N-methyl/N-ethyl adjacent to an activating group) is 1. The SMILES string of the molecule is CCc1ccccc1NC(=O)CN(C)C(=O)c1ccc(S(=O)(=O)N2C[C@H](C)C[C@@H](C)C2)cc1. The lowest BCUT2D eigenvalue weighted by atomic mass is 9.94. The van der Waals surface area contributed by atoms with Crippen LogP contribution in [-0.2, 0) is 21.2 Å². The summed E-state index contributed by atoms with van der Waals surface area (Å²) < 4.78 is 27.6. The van der Waals surface area contributed by atoms with Crippen LogP contribution in [0.3, 0.4) is 0 Å². The first-order valence-corrected chi connectivity index (χ1v) is 12.8. The van der Waals surface area contributed by atoms with Crippen LogP contribution in [0.4, 0.5) is 5.69 Å². The van der Waals surface area contributed by atoms with E-state index in [1.54, 1.807) is 7.05 Å². The second-order valence-corrected chi connectivity index (χ2v) is 11.0. The summed E-state index contributed by atoms with van der Waals surface area (Å²) in [7, 11) is -2.06. The minimum absolute atomic E-state index is 0.111. The predicted molar refractivity (Wildman–Crippen MR) is 130 cm³/mol. The van der Waals surface area contributed by atoms with E-state index in [4.69, 9.17) is 0 Å². The van der Waals surface area contributed by atoms with Gasteiger partial charge < -0.3 is 10.2 Å². The summed E-state index contributed by atoms with van der Waals surface area (Å²) in [4.78, 5) is 26.7. The number of rotatable bonds is 7. The van der Waals surface area contributed by atoms with Gasteiger partial charge in [-0.2, -0.15) is 4.31 Å². The number of nitrogens with zero attached hydrogens (tertiary/aromatic N) is 2. The molecule has 0 unspecified atom stereocenters. The summed E-state index contributed by atoms with van der Waals surface area (Å²) >= 11 is 0. The zero-order valence-corrected chi connectivity index (χ0v) is 20.6. The maximum atomic E-state index is 13.0. The Morgan fingerprint density at radius 1 is 1.03 bits per heavy atom. The highest BCUT2D eigenvalue weighted by Crippen LogP contribution is 2.27. The number of carbonyl (C=O) groups is 2. The van der Waals surface area contributed by atoms with Crippen molar-refractivity contribution in [3.63, 3.8) is 0 Å². The zero-order chi connectivity index (χ0) is 24.2. The number of sulfonamides is 1. The van der Waals surface area contributed by atoms with E-state index < -0.39 is 10.0 Å². The standard InChI is InChI=1S/C25H33N3O4S/c1-5-20-8-6-7-9-23(20)26-24(29)17-27(4)25(30)21-10-12-22(13-11-21)33(31,32)28-15-18(2)14-19(3)16-28/h6-13,18-19H,5,14-17H2,1-4H3,(H,26,29)/t18-,19-/m1/s1. The van der Waals surface area contributed by atoms with Gasteiger partial charge in [-0.1, -0.05) is 39.0 Å². The molecule has 3 rings (SSSR count). The molecule has 2 aromatic rings. The molecule has 7 nitrogen and oxygen atoms in total. The highest BCUT2D eigenvalue weighted by Gasteiger charge is 2.31. The van der Waals surface area contributed by atoms with Gasteiger partial charge in [-0.25, -0.2) is 8.42 Å². The number of hydrogen-bond donors (Lipinski definition) is 1. The number of para-hydroxylation sites is 1. The third-order valence-electron chi connectivity index (χ3n) is 5.97. The van der Waals surface area contributed by atoms with Gasteiger partial charge in [0.25, 0.3) is 5.91 Å². The second kappa shape index (κ2) is 10.5. The molecule has 1 aliphatic heterocycles. The Balaban J connectivity index is 1.65. The quantitative estimate of drug-likeness (QED) is 0.668. The van der Waals surface area contributed by atoms with Crippen LogP contribution >= 0.6 is 0 Å². The van der Waals surface area contributed by atoms with Gasteiger partial charge in [0.15, 0.2) is 0 Å². The van der Waals surface area contributed by atoms with Crippen LogP contribution in [0.5, 0.6) is 0 Å². The largest absolute Gasteiger partial charge is 0.332 e. The monoisotopic (exact) mass is 471 g/mol. The minimum Gasteiger partial charge on any atom is -0.332 e. The third kappa shape index (κ3) is 6.00. The first-order chi connectivity index (χ1) is 15.6. The number of anilines is 1. The molecule has 0 radical (unpaired) electrons. The van der Waals surface area contributed by atoms with Crippen molar-refractivity contribution in [2.45, 2.75) is 38.5 Å². The molecule has 0 aromatic heterocycles. The van der Waals surface area contributed by atoms with Gasteiger partial charge in [0.1, 0.15) is 0 Å². The molecule has 0 spiro atoms. The first-order valence-electron chi connectivity index (χ1n) is 11.3. The minimum atomic E-state index is -3.61. The van der Waals surface area contributed by atoms with E-state index in [9.17, 15) is 18.0 Å². The molecule has 8 heteroatoms. The van der Waals surface area contributed by atoms with Gasteiger partial charge in [-0.15, -0.1) is 0 Å². The maximum absolute atomic E-state index is 13.0. The second-order valence-electron chi connectivity index (χ2n) is 9.01. The topological polar surface area (TPSA) is 86.8 Å². The van der Waals surface area contributed by atoms with Crippen molar-refractivity contribution in [1.82, 2.24) is 9.21 Å². The highest BCUT2D eigenvalue weighted by atomic mass is 32.2. The Hall–Kier alpha value is -2.71.